The van der Waals surface area contributed by atoms with Crippen LogP contribution in [-0.4, -0.2) is 16.8 Å². The summed E-state index contributed by atoms with van der Waals surface area (Å²) in [4.78, 5) is 29.0. The predicted octanol–water partition coefficient (Wildman–Crippen LogP) is 4.99. The van der Waals surface area contributed by atoms with Crippen LogP contribution in [0.2, 0.25) is 5.02 Å². The summed E-state index contributed by atoms with van der Waals surface area (Å²) in [7, 11) is 0. The van der Waals surface area contributed by atoms with Crippen LogP contribution in [0.1, 0.15) is 18.4 Å². The molecule has 0 bridgehead atoms. The van der Waals surface area contributed by atoms with Crippen LogP contribution in [-0.2, 0) is 16.0 Å². The maximum atomic E-state index is 12.3. The Balaban J connectivity index is 1.33. The summed E-state index contributed by atoms with van der Waals surface area (Å²) in [5.41, 5.74) is 3.71. The molecular weight excluding hydrogens is 394 g/mol. The van der Waals surface area contributed by atoms with Gasteiger partial charge in [0.1, 0.15) is 0 Å². The van der Waals surface area contributed by atoms with Crippen LogP contribution in [0.5, 0.6) is 0 Å². The van der Waals surface area contributed by atoms with E-state index in [9.17, 15) is 9.59 Å². The maximum Gasteiger partial charge on any atom is 0.227 e. The normalized spacial score (nSPS) is 15.6. The Morgan fingerprint density at radius 2 is 2.00 bits per heavy atom. The van der Waals surface area contributed by atoms with Gasteiger partial charge in [-0.3, -0.25) is 9.59 Å². The van der Waals surface area contributed by atoms with Crippen molar-refractivity contribution in [3.63, 3.8) is 0 Å². The van der Waals surface area contributed by atoms with E-state index in [0.29, 0.717) is 23.0 Å². The summed E-state index contributed by atoms with van der Waals surface area (Å²) >= 11 is 7.28. The highest BCUT2D eigenvalue weighted by atomic mass is 35.5. The Hall–Kier alpha value is -2.70. The van der Waals surface area contributed by atoms with E-state index in [-0.39, 0.29) is 24.2 Å². The van der Waals surface area contributed by atoms with Crippen molar-refractivity contribution in [3.05, 3.63) is 64.5 Å². The van der Waals surface area contributed by atoms with Crippen LogP contribution >= 0.6 is 22.9 Å². The van der Waals surface area contributed by atoms with Gasteiger partial charge in [0.05, 0.1) is 5.69 Å². The van der Waals surface area contributed by atoms with E-state index < -0.39 is 0 Å². The largest absolute Gasteiger partial charge is 0.326 e. The molecule has 1 aliphatic rings. The Kier molecular flexibility index (Phi) is 5.41. The molecule has 1 aliphatic heterocycles. The fraction of sp³-hybridized carbons (Fsp3) is 0.190. The minimum absolute atomic E-state index is 0.0224. The highest BCUT2D eigenvalue weighted by Gasteiger charge is 2.26. The smallest absolute Gasteiger partial charge is 0.227 e. The topological polar surface area (TPSA) is 71.1 Å². The predicted molar refractivity (Wildman–Crippen MR) is 113 cm³/mol. The van der Waals surface area contributed by atoms with Crippen LogP contribution in [0.25, 0.3) is 11.3 Å². The van der Waals surface area contributed by atoms with Gasteiger partial charge in [-0.15, -0.1) is 11.3 Å². The second-order valence-electron chi connectivity index (χ2n) is 6.68. The van der Waals surface area contributed by atoms with E-state index in [2.05, 4.69) is 15.6 Å². The molecular formula is C21H18ClN3O2S. The number of fused-ring (bicyclic) bond motifs is 1. The fourth-order valence-corrected chi connectivity index (χ4v) is 4.08. The minimum Gasteiger partial charge on any atom is -0.326 e. The molecule has 0 radical (unpaired) electrons. The summed E-state index contributed by atoms with van der Waals surface area (Å²) < 4.78 is 0. The number of thiazole rings is 1. The average molecular weight is 412 g/mol. The number of para-hydroxylation sites is 1. The summed E-state index contributed by atoms with van der Waals surface area (Å²) in [5.74, 6) is -0.351. The first-order valence-corrected chi connectivity index (χ1v) is 10.2. The van der Waals surface area contributed by atoms with Crippen molar-refractivity contribution in [2.75, 3.05) is 10.6 Å². The molecule has 0 fully saturated rings. The number of nitrogens with one attached hydrogen (secondary N) is 2. The lowest BCUT2D eigenvalue weighted by Crippen LogP contribution is -2.30. The van der Waals surface area contributed by atoms with Crippen molar-refractivity contribution in [1.82, 2.24) is 4.98 Å². The van der Waals surface area contributed by atoms with Gasteiger partial charge in [0.25, 0.3) is 0 Å². The standard InChI is InChI=1S/C21H18ClN3O2S/c22-16-8-5-13(6-9-16)18-12-28-21(24-18)25-19(26)10-7-15-11-14-3-1-2-4-17(14)23-20(15)27/h1-6,8-9,12,15H,7,10-11H2,(H,23,27)(H,24,25,26). The quantitative estimate of drug-likeness (QED) is 0.621. The Morgan fingerprint density at radius 1 is 1.21 bits per heavy atom. The number of hydrogen-bond acceptors (Lipinski definition) is 4. The molecule has 0 saturated heterocycles. The molecule has 2 amide bonds. The maximum absolute atomic E-state index is 12.3. The molecule has 2 aromatic carbocycles. The van der Waals surface area contributed by atoms with Gasteiger partial charge in [0, 0.05) is 34.0 Å². The van der Waals surface area contributed by atoms with Crippen LogP contribution in [0, 0.1) is 5.92 Å². The second-order valence-corrected chi connectivity index (χ2v) is 7.97. The molecule has 28 heavy (non-hydrogen) atoms. The third kappa shape index (κ3) is 4.24. The SMILES string of the molecule is O=C(CCC1Cc2ccccc2NC1=O)Nc1nc(-c2ccc(Cl)cc2)cs1. The van der Waals surface area contributed by atoms with Crippen LogP contribution in [0.3, 0.4) is 0 Å². The van der Waals surface area contributed by atoms with Crippen molar-refractivity contribution >= 4 is 45.6 Å². The second kappa shape index (κ2) is 8.12. The van der Waals surface area contributed by atoms with Gasteiger partial charge >= 0.3 is 0 Å². The third-order valence-electron chi connectivity index (χ3n) is 4.72. The lowest BCUT2D eigenvalue weighted by Gasteiger charge is -2.24. The zero-order valence-corrected chi connectivity index (χ0v) is 16.5. The third-order valence-corrected chi connectivity index (χ3v) is 5.73. The van der Waals surface area contributed by atoms with E-state index in [1.165, 1.54) is 11.3 Å². The van der Waals surface area contributed by atoms with Crippen molar-refractivity contribution in [2.24, 2.45) is 5.92 Å². The number of rotatable bonds is 5. The molecule has 4 rings (SSSR count). The van der Waals surface area contributed by atoms with E-state index in [1.807, 2.05) is 53.9 Å². The summed E-state index contributed by atoms with van der Waals surface area (Å²) in [6.07, 6.45) is 1.44. The minimum atomic E-state index is -0.193. The van der Waals surface area contributed by atoms with Crippen molar-refractivity contribution in [2.45, 2.75) is 19.3 Å². The van der Waals surface area contributed by atoms with E-state index >= 15 is 0 Å². The van der Waals surface area contributed by atoms with E-state index in [4.69, 9.17) is 11.6 Å². The van der Waals surface area contributed by atoms with Crippen molar-refractivity contribution in [1.29, 1.82) is 0 Å². The Morgan fingerprint density at radius 3 is 2.82 bits per heavy atom. The molecule has 0 aliphatic carbocycles. The number of amides is 2. The fourth-order valence-electron chi connectivity index (χ4n) is 3.22. The zero-order chi connectivity index (χ0) is 19.5. The molecule has 0 spiro atoms. The number of nitrogens with zero attached hydrogens (tertiary/aromatic N) is 1. The average Bonchev–Trinajstić information content (AvgIpc) is 3.15. The summed E-state index contributed by atoms with van der Waals surface area (Å²) in [5, 5.41) is 8.86. The van der Waals surface area contributed by atoms with Crippen molar-refractivity contribution < 1.29 is 9.59 Å². The number of carbonyl (C=O) groups excluding carboxylic acids is 2. The van der Waals surface area contributed by atoms with Gasteiger partial charge in [-0.05, 0) is 36.6 Å². The zero-order valence-electron chi connectivity index (χ0n) is 14.9. The lowest BCUT2D eigenvalue weighted by molar-refractivity contribution is -0.121. The first-order valence-electron chi connectivity index (χ1n) is 8.98. The molecule has 7 heteroatoms. The number of carbonyl (C=O) groups is 2. The number of anilines is 2. The van der Waals surface area contributed by atoms with Gasteiger partial charge in [-0.1, -0.05) is 41.9 Å². The number of hydrogen-bond donors (Lipinski definition) is 2. The number of halogens is 1. The summed E-state index contributed by atoms with van der Waals surface area (Å²) in [6.45, 7) is 0. The molecule has 3 aromatic rings. The molecule has 5 nitrogen and oxygen atoms in total. The molecule has 2 heterocycles. The van der Waals surface area contributed by atoms with E-state index in [0.717, 1.165) is 22.5 Å². The van der Waals surface area contributed by atoms with E-state index in [1.54, 1.807) is 0 Å². The molecule has 1 unspecified atom stereocenters. The van der Waals surface area contributed by atoms with Gasteiger partial charge < -0.3 is 10.6 Å². The lowest BCUT2D eigenvalue weighted by atomic mass is 9.89. The van der Waals surface area contributed by atoms with Gasteiger partial charge in [-0.25, -0.2) is 4.98 Å². The van der Waals surface area contributed by atoms with Crippen molar-refractivity contribution in [3.8, 4) is 11.3 Å². The van der Waals surface area contributed by atoms with Gasteiger partial charge in [0.15, 0.2) is 5.13 Å². The monoisotopic (exact) mass is 411 g/mol. The molecule has 2 N–H and O–H groups in total. The first kappa shape index (κ1) is 18.7. The molecule has 1 aromatic heterocycles. The highest BCUT2D eigenvalue weighted by Crippen LogP contribution is 2.28. The van der Waals surface area contributed by atoms with Gasteiger partial charge in [-0.2, -0.15) is 0 Å². The van der Waals surface area contributed by atoms with Gasteiger partial charge in [0.2, 0.25) is 11.8 Å². The number of aromatic nitrogens is 1. The molecule has 1 atom stereocenters. The van der Waals surface area contributed by atoms with Crippen LogP contribution in [0.15, 0.2) is 53.9 Å². The first-order chi connectivity index (χ1) is 13.6. The Labute approximate surface area is 171 Å². The van der Waals surface area contributed by atoms with Crippen LogP contribution < -0.4 is 10.6 Å². The summed E-state index contributed by atoms with van der Waals surface area (Å²) in [6, 6.07) is 15.2. The number of benzene rings is 2. The molecule has 0 saturated carbocycles. The van der Waals surface area contributed by atoms with Crippen LogP contribution in [0.4, 0.5) is 10.8 Å². The molecule has 142 valence electrons. The Bertz CT molecular complexity index is 1020. The highest BCUT2D eigenvalue weighted by molar-refractivity contribution is 7.14.